The van der Waals surface area contributed by atoms with Crippen LogP contribution >= 0.6 is 0 Å². The maximum Gasteiger partial charge on any atom is 0.272 e. The molecule has 1 aromatic carbocycles. The molecule has 0 saturated heterocycles. The molecule has 4 aromatic rings. The number of hydrogen-bond donors (Lipinski definition) is 2. The van der Waals surface area contributed by atoms with Crippen LogP contribution in [0.25, 0.3) is 16.6 Å². The van der Waals surface area contributed by atoms with Gasteiger partial charge >= 0.3 is 0 Å². The van der Waals surface area contributed by atoms with Crippen molar-refractivity contribution in [2.24, 2.45) is 0 Å². The number of aromatic amines is 1. The van der Waals surface area contributed by atoms with Crippen LogP contribution in [0.2, 0.25) is 0 Å². The fourth-order valence-corrected chi connectivity index (χ4v) is 3.12. The molecule has 0 atom stereocenters. The van der Waals surface area contributed by atoms with Gasteiger partial charge in [0.05, 0.1) is 24.4 Å². The van der Waals surface area contributed by atoms with Crippen molar-refractivity contribution >= 4 is 11.4 Å². The number of carbonyl (C=O) groups is 1. The molecule has 0 bridgehead atoms. The minimum Gasteiger partial charge on any atom is -0.497 e. The topological polar surface area (TPSA) is 84.3 Å². The standard InChI is InChI=1S/C20H18FN5O2/c1-12-5-13(7-15(6-12)28-2)8-22-20(27)18-17-4-3-14(10-26(17)11-23-18)16-9-24-25-19(16)21/h3-7,9-11H,8H2,1-2H3,(H,22,27)(H,24,25). The number of imidazole rings is 1. The molecule has 0 unspecified atom stereocenters. The van der Waals surface area contributed by atoms with Crippen molar-refractivity contribution in [3.63, 3.8) is 0 Å². The quantitative estimate of drug-likeness (QED) is 0.558. The average Bonchev–Trinajstić information content (AvgIpc) is 3.31. The van der Waals surface area contributed by atoms with Crippen LogP contribution in [0, 0.1) is 12.9 Å². The van der Waals surface area contributed by atoms with E-state index in [1.165, 1.54) is 12.5 Å². The molecule has 4 rings (SSSR count). The van der Waals surface area contributed by atoms with Crippen molar-refractivity contribution in [1.82, 2.24) is 24.9 Å². The van der Waals surface area contributed by atoms with E-state index in [1.807, 2.05) is 25.1 Å². The Bertz CT molecular complexity index is 1160. The molecule has 0 radical (unpaired) electrons. The summed E-state index contributed by atoms with van der Waals surface area (Å²) in [4.78, 5) is 16.8. The second kappa shape index (κ2) is 7.15. The molecule has 0 aliphatic heterocycles. The van der Waals surface area contributed by atoms with Crippen molar-refractivity contribution in [2.45, 2.75) is 13.5 Å². The lowest BCUT2D eigenvalue weighted by molar-refractivity contribution is 0.0948. The van der Waals surface area contributed by atoms with E-state index in [4.69, 9.17) is 4.74 Å². The third-order valence-electron chi connectivity index (χ3n) is 4.45. The van der Waals surface area contributed by atoms with Crippen LogP contribution < -0.4 is 10.1 Å². The largest absolute Gasteiger partial charge is 0.497 e. The second-order valence-corrected chi connectivity index (χ2v) is 6.44. The van der Waals surface area contributed by atoms with Crippen molar-refractivity contribution in [3.05, 3.63) is 71.8 Å². The first kappa shape index (κ1) is 17.7. The Balaban J connectivity index is 1.55. The first-order valence-electron chi connectivity index (χ1n) is 8.64. The summed E-state index contributed by atoms with van der Waals surface area (Å²) < 4.78 is 20.6. The third kappa shape index (κ3) is 3.32. The van der Waals surface area contributed by atoms with Crippen molar-refractivity contribution < 1.29 is 13.9 Å². The molecule has 0 aliphatic rings. The van der Waals surface area contributed by atoms with Gasteiger partial charge in [-0.1, -0.05) is 12.1 Å². The van der Waals surface area contributed by atoms with Gasteiger partial charge in [0.25, 0.3) is 5.91 Å². The van der Waals surface area contributed by atoms with Crippen molar-refractivity contribution in [3.8, 4) is 16.9 Å². The summed E-state index contributed by atoms with van der Waals surface area (Å²) >= 11 is 0. The van der Waals surface area contributed by atoms with E-state index in [0.29, 0.717) is 28.9 Å². The van der Waals surface area contributed by atoms with Gasteiger partial charge in [0.1, 0.15) is 12.1 Å². The van der Waals surface area contributed by atoms with E-state index >= 15 is 0 Å². The number of benzene rings is 1. The Hall–Kier alpha value is -3.68. The van der Waals surface area contributed by atoms with E-state index < -0.39 is 5.95 Å². The second-order valence-electron chi connectivity index (χ2n) is 6.44. The molecule has 2 N–H and O–H groups in total. The predicted octanol–water partition coefficient (Wildman–Crippen LogP) is 3.11. The number of hydrogen-bond acceptors (Lipinski definition) is 4. The number of aryl methyl sites for hydroxylation is 1. The highest BCUT2D eigenvalue weighted by Crippen LogP contribution is 2.23. The summed E-state index contributed by atoms with van der Waals surface area (Å²) in [6, 6.07) is 9.26. The molecule has 0 spiro atoms. The lowest BCUT2D eigenvalue weighted by Gasteiger charge is -2.08. The monoisotopic (exact) mass is 379 g/mol. The summed E-state index contributed by atoms with van der Waals surface area (Å²) in [7, 11) is 1.61. The van der Waals surface area contributed by atoms with E-state index in [9.17, 15) is 9.18 Å². The molecule has 7 nitrogen and oxygen atoms in total. The first-order valence-corrected chi connectivity index (χ1v) is 8.64. The van der Waals surface area contributed by atoms with Gasteiger partial charge in [-0.3, -0.25) is 9.89 Å². The van der Waals surface area contributed by atoms with E-state index in [1.54, 1.807) is 29.8 Å². The Labute approximate surface area is 160 Å². The molecule has 0 fully saturated rings. The minimum atomic E-state index is -0.508. The summed E-state index contributed by atoms with van der Waals surface area (Å²) in [6.45, 7) is 2.32. The van der Waals surface area contributed by atoms with Gasteiger partial charge in [-0.25, -0.2) is 4.98 Å². The summed E-state index contributed by atoms with van der Waals surface area (Å²) in [5.74, 6) is -0.0491. The Kier molecular flexibility index (Phi) is 4.52. The van der Waals surface area contributed by atoms with Crippen LogP contribution in [-0.4, -0.2) is 32.6 Å². The normalized spacial score (nSPS) is 11.0. The van der Waals surface area contributed by atoms with E-state index in [-0.39, 0.29) is 5.91 Å². The molecule has 142 valence electrons. The van der Waals surface area contributed by atoms with Gasteiger partial charge in [-0.2, -0.15) is 9.49 Å². The van der Waals surface area contributed by atoms with E-state index in [0.717, 1.165) is 16.9 Å². The van der Waals surface area contributed by atoms with Gasteiger partial charge in [0.2, 0.25) is 5.95 Å². The highest BCUT2D eigenvalue weighted by atomic mass is 19.1. The molecule has 28 heavy (non-hydrogen) atoms. The molecular weight excluding hydrogens is 361 g/mol. The number of carbonyl (C=O) groups excluding carboxylic acids is 1. The van der Waals surface area contributed by atoms with Gasteiger partial charge in [0, 0.05) is 18.3 Å². The molecule has 0 saturated carbocycles. The number of nitrogens with zero attached hydrogens (tertiary/aromatic N) is 3. The Morgan fingerprint density at radius 2 is 2.18 bits per heavy atom. The smallest absolute Gasteiger partial charge is 0.272 e. The fraction of sp³-hybridized carbons (Fsp3) is 0.150. The molecule has 0 aliphatic carbocycles. The molecular formula is C20H18FN5O2. The number of pyridine rings is 1. The number of rotatable bonds is 5. The molecule has 3 aromatic heterocycles. The molecule has 8 heteroatoms. The third-order valence-corrected chi connectivity index (χ3v) is 4.45. The molecule has 3 heterocycles. The van der Waals surface area contributed by atoms with E-state index in [2.05, 4.69) is 20.5 Å². The fourth-order valence-electron chi connectivity index (χ4n) is 3.12. The van der Waals surface area contributed by atoms with Gasteiger partial charge < -0.3 is 14.5 Å². The lowest BCUT2D eigenvalue weighted by atomic mass is 10.1. The average molecular weight is 379 g/mol. The SMILES string of the molecule is COc1cc(C)cc(CNC(=O)c2ncn3cc(-c4cn[nH]c4F)ccc23)c1. The van der Waals surface area contributed by atoms with Crippen LogP contribution in [0.3, 0.4) is 0 Å². The number of halogens is 1. The van der Waals surface area contributed by atoms with Crippen molar-refractivity contribution in [1.29, 1.82) is 0 Å². The Morgan fingerprint density at radius 1 is 1.32 bits per heavy atom. The zero-order valence-corrected chi connectivity index (χ0v) is 15.4. The first-order chi connectivity index (χ1) is 13.5. The zero-order valence-electron chi connectivity index (χ0n) is 15.4. The highest BCUT2D eigenvalue weighted by Gasteiger charge is 2.15. The number of amides is 1. The van der Waals surface area contributed by atoms with Crippen LogP contribution in [0.15, 0.2) is 49.1 Å². The zero-order chi connectivity index (χ0) is 19.7. The lowest BCUT2D eigenvalue weighted by Crippen LogP contribution is -2.23. The number of nitrogens with one attached hydrogen (secondary N) is 2. The van der Waals surface area contributed by atoms with Crippen LogP contribution in [-0.2, 0) is 6.54 Å². The minimum absolute atomic E-state index is 0.287. The van der Waals surface area contributed by atoms with Gasteiger partial charge in [-0.05, 0) is 36.2 Å². The number of methoxy groups -OCH3 is 1. The number of ether oxygens (including phenoxy) is 1. The van der Waals surface area contributed by atoms with Crippen LogP contribution in [0.1, 0.15) is 21.6 Å². The molecule has 1 amide bonds. The number of H-pyrrole nitrogens is 1. The predicted molar refractivity (Wildman–Crippen MR) is 102 cm³/mol. The maximum atomic E-state index is 13.7. The number of fused-ring (bicyclic) bond motifs is 1. The number of aromatic nitrogens is 4. The van der Waals surface area contributed by atoms with Gasteiger partial charge in [0.15, 0.2) is 5.69 Å². The van der Waals surface area contributed by atoms with Crippen LogP contribution in [0.5, 0.6) is 5.75 Å². The summed E-state index contributed by atoms with van der Waals surface area (Å²) in [5.41, 5.74) is 3.91. The summed E-state index contributed by atoms with van der Waals surface area (Å²) in [6.07, 6.45) is 4.65. The Morgan fingerprint density at radius 3 is 2.93 bits per heavy atom. The van der Waals surface area contributed by atoms with Gasteiger partial charge in [-0.15, -0.1) is 0 Å². The summed E-state index contributed by atoms with van der Waals surface area (Å²) in [5, 5.41) is 8.83. The maximum absolute atomic E-state index is 13.7. The highest BCUT2D eigenvalue weighted by molar-refractivity contribution is 5.99. The van der Waals surface area contributed by atoms with Crippen LogP contribution in [0.4, 0.5) is 4.39 Å². The van der Waals surface area contributed by atoms with Crippen molar-refractivity contribution in [2.75, 3.05) is 7.11 Å².